The number of carbonyl (C=O) groups is 1. The third kappa shape index (κ3) is 3.58. The quantitative estimate of drug-likeness (QED) is 0.762. The van der Waals surface area contributed by atoms with Crippen LogP contribution in [-0.4, -0.2) is 25.2 Å². The van der Waals surface area contributed by atoms with Crippen molar-refractivity contribution in [2.24, 2.45) is 17.8 Å². The molecular weight excluding hydrogens is 226 g/mol. The van der Waals surface area contributed by atoms with Gasteiger partial charge in [0.15, 0.2) is 0 Å². The van der Waals surface area contributed by atoms with Gasteiger partial charge in [0.05, 0.1) is 6.10 Å². The summed E-state index contributed by atoms with van der Waals surface area (Å²) in [6.45, 7) is 6.00. The van der Waals surface area contributed by atoms with E-state index in [1.54, 1.807) is 0 Å². The summed E-state index contributed by atoms with van der Waals surface area (Å²) in [7, 11) is 0. The second-order valence-corrected chi connectivity index (χ2v) is 5.90. The second-order valence-electron chi connectivity index (χ2n) is 5.90. The molecule has 1 amide bonds. The van der Waals surface area contributed by atoms with Gasteiger partial charge in [-0.1, -0.05) is 26.0 Å². The van der Waals surface area contributed by atoms with Crippen LogP contribution in [0.5, 0.6) is 0 Å². The standard InChI is InChI=1S/C15H25NO2/c1-11(2)15-13(7-8-18-15)10-16-14(17)9-12-5-3-4-6-12/h3,5,11-13,15H,4,6-10H2,1-2H3,(H,16,17)/t12-,13+,15-/m0/s1. The van der Waals surface area contributed by atoms with Crippen molar-refractivity contribution >= 4 is 5.91 Å². The highest BCUT2D eigenvalue weighted by Crippen LogP contribution is 2.26. The molecule has 2 rings (SSSR count). The van der Waals surface area contributed by atoms with Gasteiger partial charge in [-0.3, -0.25) is 4.79 Å². The topological polar surface area (TPSA) is 38.3 Å². The summed E-state index contributed by atoms with van der Waals surface area (Å²) in [6, 6.07) is 0. The zero-order valence-electron chi connectivity index (χ0n) is 11.5. The normalized spacial score (nSPS) is 31.2. The monoisotopic (exact) mass is 251 g/mol. The van der Waals surface area contributed by atoms with E-state index in [4.69, 9.17) is 4.74 Å². The minimum atomic E-state index is 0.195. The van der Waals surface area contributed by atoms with Crippen LogP contribution in [0.25, 0.3) is 0 Å². The van der Waals surface area contributed by atoms with Gasteiger partial charge in [-0.2, -0.15) is 0 Å². The van der Waals surface area contributed by atoms with Gasteiger partial charge in [-0.05, 0) is 31.1 Å². The minimum absolute atomic E-state index is 0.195. The summed E-state index contributed by atoms with van der Waals surface area (Å²) < 4.78 is 5.73. The van der Waals surface area contributed by atoms with Crippen molar-refractivity contribution in [3.8, 4) is 0 Å². The van der Waals surface area contributed by atoms with E-state index in [1.165, 1.54) is 0 Å². The summed E-state index contributed by atoms with van der Waals surface area (Å²) in [6.07, 6.45) is 8.66. The molecule has 2 aliphatic rings. The first kappa shape index (κ1) is 13.6. The first-order chi connectivity index (χ1) is 8.66. The Labute approximate surface area is 110 Å². The molecule has 1 heterocycles. The molecule has 1 N–H and O–H groups in total. The Balaban J connectivity index is 1.70. The van der Waals surface area contributed by atoms with E-state index in [2.05, 4.69) is 31.3 Å². The zero-order valence-corrected chi connectivity index (χ0v) is 11.5. The molecule has 0 aromatic carbocycles. The van der Waals surface area contributed by atoms with Crippen molar-refractivity contribution in [1.29, 1.82) is 0 Å². The van der Waals surface area contributed by atoms with Crippen LogP contribution in [0.4, 0.5) is 0 Å². The lowest BCUT2D eigenvalue weighted by molar-refractivity contribution is -0.122. The van der Waals surface area contributed by atoms with E-state index in [0.29, 0.717) is 30.3 Å². The summed E-state index contributed by atoms with van der Waals surface area (Å²) in [5.41, 5.74) is 0. The van der Waals surface area contributed by atoms with Crippen molar-refractivity contribution in [2.75, 3.05) is 13.2 Å². The van der Waals surface area contributed by atoms with Gasteiger partial charge in [0.2, 0.25) is 5.91 Å². The van der Waals surface area contributed by atoms with Crippen LogP contribution in [0.3, 0.4) is 0 Å². The van der Waals surface area contributed by atoms with Gasteiger partial charge in [-0.25, -0.2) is 0 Å². The van der Waals surface area contributed by atoms with Crippen molar-refractivity contribution in [2.45, 2.75) is 45.6 Å². The van der Waals surface area contributed by atoms with Crippen molar-refractivity contribution in [1.82, 2.24) is 5.32 Å². The molecule has 0 unspecified atom stereocenters. The Kier molecular flexibility index (Phi) is 4.81. The van der Waals surface area contributed by atoms with E-state index < -0.39 is 0 Å². The number of nitrogens with one attached hydrogen (secondary N) is 1. The molecule has 3 atom stereocenters. The molecule has 3 nitrogen and oxygen atoms in total. The van der Waals surface area contributed by atoms with E-state index in [-0.39, 0.29) is 5.91 Å². The third-order valence-corrected chi connectivity index (χ3v) is 4.04. The van der Waals surface area contributed by atoms with Gasteiger partial charge < -0.3 is 10.1 Å². The number of ether oxygens (including phenoxy) is 1. The Morgan fingerprint density at radius 2 is 2.28 bits per heavy atom. The van der Waals surface area contributed by atoms with Crippen LogP contribution in [0.2, 0.25) is 0 Å². The van der Waals surface area contributed by atoms with E-state index in [0.717, 1.165) is 32.4 Å². The first-order valence-electron chi connectivity index (χ1n) is 7.21. The Bertz CT molecular complexity index is 312. The SMILES string of the molecule is CC(C)[C@@H]1OCC[C@@H]1CNC(=O)C[C@H]1C=CCC1. The average Bonchev–Trinajstić information content (AvgIpc) is 2.96. The average molecular weight is 251 g/mol. The van der Waals surface area contributed by atoms with Crippen LogP contribution in [0.15, 0.2) is 12.2 Å². The largest absolute Gasteiger partial charge is 0.378 e. The zero-order chi connectivity index (χ0) is 13.0. The molecule has 0 radical (unpaired) electrons. The highest BCUT2D eigenvalue weighted by molar-refractivity contribution is 5.76. The summed E-state index contributed by atoms with van der Waals surface area (Å²) in [4.78, 5) is 11.8. The molecule has 0 aromatic heterocycles. The lowest BCUT2D eigenvalue weighted by Gasteiger charge is -2.22. The highest BCUT2D eigenvalue weighted by atomic mass is 16.5. The number of rotatable bonds is 5. The molecule has 0 aromatic rings. The molecule has 1 aliphatic carbocycles. The van der Waals surface area contributed by atoms with Gasteiger partial charge in [0, 0.05) is 25.5 Å². The summed E-state index contributed by atoms with van der Waals surface area (Å²) >= 11 is 0. The molecule has 3 heteroatoms. The van der Waals surface area contributed by atoms with Crippen molar-refractivity contribution in [3.63, 3.8) is 0 Å². The molecule has 0 bridgehead atoms. The molecule has 1 fully saturated rings. The fourth-order valence-electron chi connectivity index (χ4n) is 3.03. The van der Waals surface area contributed by atoms with Crippen LogP contribution in [0, 0.1) is 17.8 Å². The van der Waals surface area contributed by atoms with E-state index in [9.17, 15) is 4.79 Å². The number of allylic oxidation sites excluding steroid dienone is 2. The predicted molar refractivity (Wildman–Crippen MR) is 72.2 cm³/mol. The molecule has 0 spiro atoms. The molecule has 1 saturated heterocycles. The van der Waals surface area contributed by atoms with Crippen LogP contribution < -0.4 is 5.32 Å². The smallest absolute Gasteiger partial charge is 0.220 e. The maximum Gasteiger partial charge on any atom is 0.220 e. The maximum absolute atomic E-state index is 11.8. The number of carbonyl (C=O) groups excluding carboxylic acids is 1. The molecule has 1 aliphatic heterocycles. The van der Waals surface area contributed by atoms with E-state index >= 15 is 0 Å². The predicted octanol–water partition coefficient (Wildman–Crippen LogP) is 2.52. The van der Waals surface area contributed by atoms with E-state index in [1.807, 2.05) is 0 Å². The summed E-state index contributed by atoms with van der Waals surface area (Å²) in [5.74, 6) is 1.69. The molecule has 18 heavy (non-hydrogen) atoms. The fraction of sp³-hybridized carbons (Fsp3) is 0.800. The van der Waals surface area contributed by atoms with Crippen LogP contribution >= 0.6 is 0 Å². The van der Waals surface area contributed by atoms with Gasteiger partial charge in [-0.15, -0.1) is 0 Å². The Hall–Kier alpha value is -0.830. The second kappa shape index (κ2) is 6.37. The molecule has 102 valence electrons. The van der Waals surface area contributed by atoms with Gasteiger partial charge >= 0.3 is 0 Å². The summed E-state index contributed by atoms with van der Waals surface area (Å²) in [5, 5.41) is 3.08. The van der Waals surface area contributed by atoms with Crippen LogP contribution in [-0.2, 0) is 9.53 Å². The lowest BCUT2D eigenvalue weighted by atomic mass is 9.93. The highest BCUT2D eigenvalue weighted by Gasteiger charge is 2.30. The van der Waals surface area contributed by atoms with Gasteiger partial charge in [0.1, 0.15) is 0 Å². The van der Waals surface area contributed by atoms with Gasteiger partial charge in [0.25, 0.3) is 0 Å². The van der Waals surface area contributed by atoms with Crippen LogP contribution in [0.1, 0.15) is 39.5 Å². The third-order valence-electron chi connectivity index (χ3n) is 4.04. The van der Waals surface area contributed by atoms with Crippen molar-refractivity contribution < 1.29 is 9.53 Å². The number of hydrogen-bond donors (Lipinski definition) is 1. The first-order valence-corrected chi connectivity index (χ1v) is 7.21. The molecule has 0 saturated carbocycles. The number of hydrogen-bond acceptors (Lipinski definition) is 2. The van der Waals surface area contributed by atoms with Crippen molar-refractivity contribution in [3.05, 3.63) is 12.2 Å². The Morgan fingerprint density at radius 3 is 2.94 bits per heavy atom. The maximum atomic E-state index is 11.8. The minimum Gasteiger partial charge on any atom is -0.378 e. The Morgan fingerprint density at radius 1 is 1.44 bits per heavy atom. The fourth-order valence-corrected chi connectivity index (χ4v) is 3.03. The number of amides is 1. The molecular formula is C15H25NO2. The lowest BCUT2D eigenvalue weighted by Crippen LogP contribution is -2.35.